The van der Waals surface area contributed by atoms with Crippen LogP contribution in [0.5, 0.6) is 0 Å². The molecular formula is C13H25N3O3. The van der Waals surface area contributed by atoms with Crippen LogP contribution in [0.3, 0.4) is 0 Å². The molecule has 6 heteroatoms. The van der Waals surface area contributed by atoms with E-state index in [9.17, 15) is 9.59 Å². The van der Waals surface area contributed by atoms with Gasteiger partial charge in [-0.15, -0.1) is 0 Å². The lowest BCUT2D eigenvalue weighted by Gasteiger charge is -2.34. The first-order valence-electron chi connectivity index (χ1n) is 6.81. The Morgan fingerprint density at radius 3 is 2.32 bits per heavy atom. The first-order valence-corrected chi connectivity index (χ1v) is 6.81. The molecule has 1 rings (SSSR count). The minimum Gasteiger partial charge on any atom is -0.467 e. The van der Waals surface area contributed by atoms with Crippen LogP contribution in [0.4, 0.5) is 4.79 Å². The maximum absolute atomic E-state index is 12.1. The van der Waals surface area contributed by atoms with Gasteiger partial charge in [-0.3, -0.25) is 0 Å². The largest absolute Gasteiger partial charge is 0.467 e. The summed E-state index contributed by atoms with van der Waals surface area (Å²) >= 11 is 0. The number of ether oxygens (including phenoxy) is 1. The number of hydrogen-bond acceptors (Lipinski definition) is 4. The van der Waals surface area contributed by atoms with E-state index in [0.717, 1.165) is 19.5 Å². The number of carbonyl (C=O) groups excluding carboxylic acids is 2. The predicted molar refractivity (Wildman–Crippen MR) is 72.9 cm³/mol. The number of methoxy groups -OCH3 is 1. The Balaban J connectivity index is 2.58. The average molecular weight is 271 g/mol. The molecular weight excluding hydrogens is 246 g/mol. The Bertz CT molecular complexity index is 314. The number of rotatable bonds is 4. The highest BCUT2D eigenvalue weighted by atomic mass is 16.5. The quantitative estimate of drug-likeness (QED) is 0.758. The number of carbonyl (C=O) groups is 2. The van der Waals surface area contributed by atoms with Crippen molar-refractivity contribution in [1.29, 1.82) is 0 Å². The molecule has 1 heterocycles. The van der Waals surface area contributed by atoms with Crippen LogP contribution in [0.15, 0.2) is 0 Å². The van der Waals surface area contributed by atoms with E-state index in [1.807, 2.05) is 20.9 Å². The van der Waals surface area contributed by atoms with Gasteiger partial charge >= 0.3 is 12.0 Å². The summed E-state index contributed by atoms with van der Waals surface area (Å²) in [6.07, 6.45) is 0.808. The zero-order chi connectivity index (χ0) is 14.4. The summed E-state index contributed by atoms with van der Waals surface area (Å²) in [5, 5.41) is 2.80. The van der Waals surface area contributed by atoms with Crippen LogP contribution >= 0.6 is 0 Å². The van der Waals surface area contributed by atoms with Crippen LogP contribution in [-0.2, 0) is 9.53 Å². The summed E-state index contributed by atoms with van der Waals surface area (Å²) in [5.74, 6) is -0.319. The lowest BCUT2D eigenvalue weighted by Crippen LogP contribution is -2.55. The normalized spacial score (nSPS) is 19.7. The predicted octanol–water partition coefficient (Wildman–Crippen LogP) is 0.531. The number of esters is 1. The Morgan fingerprint density at radius 1 is 1.26 bits per heavy atom. The van der Waals surface area contributed by atoms with Gasteiger partial charge in [-0.25, -0.2) is 9.59 Å². The number of piperazine rings is 1. The molecule has 0 bridgehead atoms. The van der Waals surface area contributed by atoms with E-state index in [1.54, 1.807) is 4.90 Å². The first-order chi connectivity index (χ1) is 8.99. The minimum atomic E-state index is -0.567. The summed E-state index contributed by atoms with van der Waals surface area (Å²) in [4.78, 5) is 27.8. The van der Waals surface area contributed by atoms with Crippen molar-refractivity contribution in [2.75, 3.05) is 40.3 Å². The molecule has 2 atom stereocenters. The molecule has 1 fully saturated rings. The van der Waals surface area contributed by atoms with Crippen LogP contribution in [0, 0.1) is 5.92 Å². The van der Waals surface area contributed by atoms with Gasteiger partial charge in [-0.2, -0.15) is 0 Å². The van der Waals surface area contributed by atoms with Crippen molar-refractivity contribution in [3.63, 3.8) is 0 Å². The molecule has 6 nitrogen and oxygen atoms in total. The second-order valence-electron chi connectivity index (χ2n) is 5.13. The molecule has 0 aliphatic carbocycles. The van der Waals surface area contributed by atoms with Crippen molar-refractivity contribution < 1.29 is 14.3 Å². The molecule has 110 valence electrons. The molecule has 0 aromatic carbocycles. The smallest absolute Gasteiger partial charge is 0.328 e. The van der Waals surface area contributed by atoms with E-state index in [4.69, 9.17) is 4.74 Å². The maximum atomic E-state index is 12.1. The highest BCUT2D eigenvalue weighted by Gasteiger charge is 2.29. The number of hydrogen-bond donors (Lipinski definition) is 1. The molecule has 0 unspecified atom stereocenters. The van der Waals surface area contributed by atoms with Crippen molar-refractivity contribution in [3.05, 3.63) is 0 Å². The molecule has 0 radical (unpaired) electrons. The van der Waals surface area contributed by atoms with Gasteiger partial charge in [0.1, 0.15) is 6.04 Å². The van der Waals surface area contributed by atoms with Gasteiger partial charge in [0.05, 0.1) is 7.11 Å². The number of urea groups is 1. The van der Waals surface area contributed by atoms with E-state index in [2.05, 4.69) is 10.2 Å². The Kier molecular flexibility index (Phi) is 6.08. The molecule has 19 heavy (non-hydrogen) atoms. The van der Waals surface area contributed by atoms with Crippen LogP contribution < -0.4 is 5.32 Å². The second kappa shape index (κ2) is 7.33. The summed E-state index contributed by atoms with van der Waals surface area (Å²) in [6.45, 7) is 7.03. The lowest BCUT2D eigenvalue weighted by atomic mass is 9.99. The summed E-state index contributed by atoms with van der Waals surface area (Å²) in [7, 11) is 3.38. The molecule has 1 aliphatic heterocycles. The number of amides is 2. The van der Waals surface area contributed by atoms with Crippen LogP contribution in [0.25, 0.3) is 0 Å². The van der Waals surface area contributed by atoms with E-state index in [-0.39, 0.29) is 17.9 Å². The van der Waals surface area contributed by atoms with Crippen molar-refractivity contribution in [2.24, 2.45) is 5.92 Å². The van der Waals surface area contributed by atoms with Crippen molar-refractivity contribution in [3.8, 4) is 0 Å². The summed E-state index contributed by atoms with van der Waals surface area (Å²) < 4.78 is 4.76. The van der Waals surface area contributed by atoms with Crippen LogP contribution in [-0.4, -0.2) is 68.2 Å². The van der Waals surface area contributed by atoms with Gasteiger partial charge in [0.25, 0.3) is 0 Å². The van der Waals surface area contributed by atoms with E-state index < -0.39 is 6.04 Å². The van der Waals surface area contributed by atoms with Crippen molar-refractivity contribution >= 4 is 12.0 Å². The summed E-state index contributed by atoms with van der Waals surface area (Å²) in [6, 6.07) is -0.744. The average Bonchev–Trinajstić information content (AvgIpc) is 2.43. The Labute approximate surface area is 115 Å². The standard InChI is InChI=1S/C13H25N3O3/c1-5-10(2)11(12(17)19-4)14-13(18)16-8-6-15(3)7-9-16/h10-11H,5-9H2,1-4H3,(H,14,18)/t10-,11-/m0/s1. The number of nitrogens with zero attached hydrogens (tertiary/aromatic N) is 2. The maximum Gasteiger partial charge on any atom is 0.328 e. The van der Waals surface area contributed by atoms with Gasteiger partial charge in [0.2, 0.25) is 0 Å². The third kappa shape index (κ3) is 4.38. The molecule has 1 aliphatic rings. The van der Waals surface area contributed by atoms with Crippen molar-refractivity contribution in [2.45, 2.75) is 26.3 Å². The fourth-order valence-corrected chi connectivity index (χ4v) is 2.03. The van der Waals surface area contributed by atoms with Gasteiger partial charge in [0.15, 0.2) is 0 Å². The Hall–Kier alpha value is -1.30. The van der Waals surface area contributed by atoms with Crippen LogP contribution in [0.2, 0.25) is 0 Å². The SMILES string of the molecule is CC[C@H](C)[C@H](NC(=O)N1CCN(C)CC1)C(=O)OC. The molecule has 0 aromatic rings. The highest BCUT2D eigenvalue weighted by molar-refractivity contribution is 5.83. The lowest BCUT2D eigenvalue weighted by molar-refractivity contribution is -0.144. The molecule has 1 N–H and O–H groups in total. The zero-order valence-electron chi connectivity index (χ0n) is 12.3. The molecule has 1 saturated heterocycles. The van der Waals surface area contributed by atoms with Gasteiger partial charge < -0.3 is 19.9 Å². The summed E-state index contributed by atoms with van der Waals surface area (Å²) in [5.41, 5.74) is 0. The highest BCUT2D eigenvalue weighted by Crippen LogP contribution is 2.10. The van der Waals surface area contributed by atoms with E-state index in [1.165, 1.54) is 7.11 Å². The van der Waals surface area contributed by atoms with Gasteiger partial charge in [-0.1, -0.05) is 20.3 Å². The zero-order valence-corrected chi connectivity index (χ0v) is 12.3. The van der Waals surface area contributed by atoms with Crippen LogP contribution in [0.1, 0.15) is 20.3 Å². The third-order valence-corrected chi connectivity index (χ3v) is 3.74. The molecule has 0 saturated carbocycles. The Morgan fingerprint density at radius 2 is 1.84 bits per heavy atom. The number of likely N-dealkylation sites (N-methyl/N-ethyl adjacent to an activating group) is 1. The topological polar surface area (TPSA) is 61.9 Å². The monoisotopic (exact) mass is 271 g/mol. The number of nitrogens with one attached hydrogen (secondary N) is 1. The first kappa shape index (κ1) is 15.8. The van der Waals surface area contributed by atoms with E-state index >= 15 is 0 Å². The minimum absolute atomic E-state index is 0.0591. The van der Waals surface area contributed by atoms with E-state index in [0.29, 0.717) is 13.1 Å². The molecule has 0 spiro atoms. The fourth-order valence-electron chi connectivity index (χ4n) is 2.03. The van der Waals surface area contributed by atoms with Gasteiger partial charge in [0, 0.05) is 26.2 Å². The fraction of sp³-hybridized carbons (Fsp3) is 0.846. The molecule has 0 aromatic heterocycles. The molecule has 2 amide bonds. The second-order valence-corrected chi connectivity index (χ2v) is 5.13. The van der Waals surface area contributed by atoms with Crippen molar-refractivity contribution in [1.82, 2.24) is 15.1 Å². The third-order valence-electron chi connectivity index (χ3n) is 3.74. The van der Waals surface area contributed by atoms with Gasteiger partial charge in [-0.05, 0) is 13.0 Å².